The highest BCUT2D eigenvalue weighted by molar-refractivity contribution is 7.89. The van der Waals surface area contributed by atoms with Gasteiger partial charge in [0, 0.05) is 18.7 Å². The maximum absolute atomic E-state index is 12.0. The summed E-state index contributed by atoms with van der Waals surface area (Å²) in [6, 6.07) is 4.22. The van der Waals surface area contributed by atoms with Gasteiger partial charge in [0.25, 0.3) is 0 Å². The number of benzene rings is 1. The Kier molecular flexibility index (Phi) is 3.74. The second kappa shape index (κ2) is 5.13. The van der Waals surface area contributed by atoms with E-state index in [1.165, 1.54) is 12.1 Å². The summed E-state index contributed by atoms with van der Waals surface area (Å²) in [5.74, 6) is 1.01. The van der Waals surface area contributed by atoms with Crippen LogP contribution in [0.2, 0.25) is 0 Å². The SMILES string of the molecule is C[C@H](CN)NS(=O)(=O)c1ccc2c(c1)OCCO2. The molecule has 0 amide bonds. The van der Waals surface area contributed by atoms with E-state index in [1.807, 2.05) is 0 Å². The summed E-state index contributed by atoms with van der Waals surface area (Å²) in [7, 11) is -3.57. The molecule has 1 heterocycles. The van der Waals surface area contributed by atoms with E-state index < -0.39 is 10.0 Å². The largest absolute Gasteiger partial charge is 0.486 e. The van der Waals surface area contributed by atoms with Crippen molar-refractivity contribution in [1.29, 1.82) is 0 Å². The van der Waals surface area contributed by atoms with Crippen LogP contribution in [0.5, 0.6) is 11.5 Å². The van der Waals surface area contributed by atoms with Crippen molar-refractivity contribution in [3.05, 3.63) is 18.2 Å². The zero-order chi connectivity index (χ0) is 13.2. The van der Waals surface area contributed by atoms with Crippen molar-refractivity contribution in [1.82, 2.24) is 4.72 Å². The van der Waals surface area contributed by atoms with Gasteiger partial charge in [0.1, 0.15) is 13.2 Å². The Morgan fingerprint density at radius 3 is 2.67 bits per heavy atom. The second-order valence-electron chi connectivity index (χ2n) is 4.06. The molecular weight excluding hydrogens is 256 g/mol. The molecule has 7 heteroatoms. The highest BCUT2D eigenvalue weighted by atomic mass is 32.2. The Bertz CT molecular complexity index is 530. The first-order chi connectivity index (χ1) is 8.53. The molecule has 1 aromatic carbocycles. The third-order valence-corrected chi connectivity index (χ3v) is 4.12. The Morgan fingerprint density at radius 2 is 2.00 bits per heavy atom. The van der Waals surface area contributed by atoms with Crippen molar-refractivity contribution in [3.63, 3.8) is 0 Å². The lowest BCUT2D eigenvalue weighted by atomic mass is 10.3. The van der Waals surface area contributed by atoms with Gasteiger partial charge in [-0.15, -0.1) is 0 Å². The number of rotatable bonds is 4. The molecule has 3 N–H and O–H groups in total. The highest BCUT2D eigenvalue weighted by Crippen LogP contribution is 2.32. The number of nitrogens with one attached hydrogen (secondary N) is 1. The smallest absolute Gasteiger partial charge is 0.240 e. The van der Waals surface area contributed by atoms with E-state index in [-0.39, 0.29) is 17.5 Å². The molecule has 100 valence electrons. The van der Waals surface area contributed by atoms with Crippen LogP contribution in [0.25, 0.3) is 0 Å². The molecule has 0 saturated carbocycles. The Morgan fingerprint density at radius 1 is 1.33 bits per heavy atom. The molecule has 0 spiro atoms. The number of fused-ring (bicyclic) bond motifs is 1. The monoisotopic (exact) mass is 272 g/mol. The van der Waals surface area contributed by atoms with Crippen molar-refractivity contribution >= 4 is 10.0 Å². The second-order valence-corrected chi connectivity index (χ2v) is 5.78. The normalized spacial score (nSPS) is 16.3. The van der Waals surface area contributed by atoms with Gasteiger partial charge in [-0.05, 0) is 19.1 Å². The van der Waals surface area contributed by atoms with E-state index in [0.29, 0.717) is 24.7 Å². The summed E-state index contributed by atoms with van der Waals surface area (Å²) in [6.07, 6.45) is 0. The summed E-state index contributed by atoms with van der Waals surface area (Å²) >= 11 is 0. The van der Waals surface area contributed by atoms with Crippen LogP contribution in [0.3, 0.4) is 0 Å². The number of nitrogens with two attached hydrogens (primary N) is 1. The molecule has 0 radical (unpaired) electrons. The molecule has 2 rings (SSSR count). The first-order valence-electron chi connectivity index (χ1n) is 5.65. The fourth-order valence-electron chi connectivity index (χ4n) is 1.57. The summed E-state index contributed by atoms with van der Waals surface area (Å²) < 4.78 is 37.2. The Balaban J connectivity index is 2.28. The first kappa shape index (κ1) is 13.1. The van der Waals surface area contributed by atoms with Crippen molar-refractivity contribution in [2.45, 2.75) is 17.9 Å². The van der Waals surface area contributed by atoms with Gasteiger partial charge >= 0.3 is 0 Å². The predicted molar refractivity (Wildman–Crippen MR) is 66.3 cm³/mol. The lowest BCUT2D eigenvalue weighted by molar-refractivity contribution is 0.171. The minimum Gasteiger partial charge on any atom is -0.486 e. The van der Waals surface area contributed by atoms with E-state index in [4.69, 9.17) is 15.2 Å². The molecule has 18 heavy (non-hydrogen) atoms. The van der Waals surface area contributed by atoms with Crippen LogP contribution in [-0.2, 0) is 10.0 Å². The van der Waals surface area contributed by atoms with Crippen LogP contribution in [-0.4, -0.2) is 34.2 Å². The molecule has 0 fully saturated rings. The topological polar surface area (TPSA) is 90.7 Å². The molecule has 1 aliphatic heterocycles. The van der Waals surface area contributed by atoms with Crippen LogP contribution in [0.1, 0.15) is 6.92 Å². The molecular formula is C11H16N2O4S. The zero-order valence-corrected chi connectivity index (χ0v) is 10.9. The maximum atomic E-state index is 12.0. The fourth-order valence-corrected chi connectivity index (χ4v) is 2.84. The van der Waals surface area contributed by atoms with Gasteiger partial charge < -0.3 is 15.2 Å². The van der Waals surface area contributed by atoms with Gasteiger partial charge in [-0.1, -0.05) is 0 Å². The van der Waals surface area contributed by atoms with Crippen LogP contribution in [0, 0.1) is 0 Å². The molecule has 0 saturated heterocycles. The van der Waals surface area contributed by atoms with Gasteiger partial charge in [-0.25, -0.2) is 13.1 Å². The van der Waals surface area contributed by atoms with Crippen LogP contribution < -0.4 is 19.9 Å². The van der Waals surface area contributed by atoms with Gasteiger partial charge in [0.05, 0.1) is 4.90 Å². The zero-order valence-electron chi connectivity index (χ0n) is 10.0. The molecule has 0 aliphatic carbocycles. The van der Waals surface area contributed by atoms with Crippen molar-refractivity contribution in [2.24, 2.45) is 5.73 Å². The Labute approximate surface area is 106 Å². The quantitative estimate of drug-likeness (QED) is 0.810. The molecule has 1 atom stereocenters. The third kappa shape index (κ3) is 2.74. The van der Waals surface area contributed by atoms with E-state index >= 15 is 0 Å². The van der Waals surface area contributed by atoms with Gasteiger partial charge in [-0.3, -0.25) is 0 Å². The van der Waals surface area contributed by atoms with Crippen molar-refractivity contribution < 1.29 is 17.9 Å². The Hall–Kier alpha value is -1.31. The minimum atomic E-state index is -3.57. The molecule has 1 aromatic rings. The van der Waals surface area contributed by atoms with Gasteiger partial charge in [0.15, 0.2) is 11.5 Å². The van der Waals surface area contributed by atoms with E-state index in [0.717, 1.165) is 0 Å². The average Bonchev–Trinajstić information content (AvgIpc) is 2.37. The summed E-state index contributed by atoms with van der Waals surface area (Å²) in [5, 5.41) is 0. The van der Waals surface area contributed by atoms with Crippen molar-refractivity contribution in [2.75, 3.05) is 19.8 Å². The van der Waals surface area contributed by atoms with E-state index in [1.54, 1.807) is 13.0 Å². The van der Waals surface area contributed by atoms with Crippen LogP contribution in [0.15, 0.2) is 23.1 Å². The lowest BCUT2D eigenvalue weighted by Gasteiger charge is -2.19. The van der Waals surface area contributed by atoms with Gasteiger partial charge in [-0.2, -0.15) is 0 Å². The third-order valence-electron chi connectivity index (χ3n) is 2.53. The highest BCUT2D eigenvalue weighted by Gasteiger charge is 2.20. The van der Waals surface area contributed by atoms with E-state index in [2.05, 4.69) is 4.72 Å². The molecule has 0 unspecified atom stereocenters. The number of hydrogen-bond acceptors (Lipinski definition) is 5. The number of hydrogen-bond donors (Lipinski definition) is 2. The van der Waals surface area contributed by atoms with Gasteiger partial charge in [0.2, 0.25) is 10.0 Å². The lowest BCUT2D eigenvalue weighted by Crippen LogP contribution is -2.37. The van der Waals surface area contributed by atoms with Crippen molar-refractivity contribution in [3.8, 4) is 11.5 Å². The molecule has 0 bridgehead atoms. The maximum Gasteiger partial charge on any atom is 0.240 e. The number of sulfonamides is 1. The summed E-state index contributed by atoms with van der Waals surface area (Å²) in [5.41, 5.74) is 5.40. The molecule has 1 aliphatic rings. The molecule has 0 aromatic heterocycles. The summed E-state index contributed by atoms with van der Waals surface area (Å²) in [4.78, 5) is 0.145. The van der Waals surface area contributed by atoms with Crippen LogP contribution >= 0.6 is 0 Å². The average molecular weight is 272 g/mol. The first-order valence-corrected chi connectivity index (χ1v) is 7.13. The standard InChI is InChI=1S/C11H16N2O4S/c1-8(7-12)13-18(14,15)9-2-3-10-11(6-9)17-5-4-16-10/h2-3,6,8,13H,4-5,7,12H2,1H3/t8-/m1/s1. The minimum absolute atomic E-state index is 0.145. The molecule has 6 nitrogen and oxygen atoms in total. The fraction of sp³-hybridized carbons (Fsp3) is 0.455. The number of ether oxygens (including phenoxy) is 2. The summed E-state index contributed by atoms with van der Waals surface area (Å²) in [6.45, 7) is 2.84. The predicted octanol–water partition coefficient (Wildman–Crippen LogP) is 0.0833. The van der Waals surface area contributed by atoms with E-state index in [9.17, 15) is 8.42 Å². The van der Waals surface area contributed by atoms with Crippen LogP contribution in [0.4, 0.5) is 0 Å².